The number of amides is 1. The zero-order valence-corrected chi connectivity index (χ0v) is 25.0. The molecule has 6 aliphatic rings. The summed E-state index contributed by atoms with van der Waals surface area (Å²) in [6.45, 7) is 3.94. The molecule has 0 aromatic rings. The lowest BCUT2D eigenvalue weighted by atomic mass is 9.88. The molecule has 1 saturated carbocycles. The Morgan fingerprint density at radius 3 is 2.64 bits per heavy atom. The summed E-state index contributed by atoms with van der Waals surface area (Å²) in [5, 5.41) is 13.2. The number of thioether (sulfide) groups is 3. The number of piperidine rings is 1. The van der Waals surface area contributed by atoms with Gasteiger partial charge in [-0.3, -0.25) is 9.59 Å². The Hall–Kier alpha value is -0.470. The van der Waals surface area contributed by atoms with Crippen LogP contribution in [0.3, 0.4) is 0 Å². The molecule has 8 unspecified atom stereocenters. The van der Waals surface area contributed by atoms with Crippen LogP contribution in [0.5, 0.6) is 0 Å². The highest BCUT2D eigenvalue weighted by atomic mass is 32.2. The molecular weight excluding hydrogens is 553 g/mol. The molecule has 12 heteroatoms. The van der Waals surface area contributed by atoms with Gasteiger partial charge in [-0.25, -0.2) is 0 Å². The number of nitrogens with two attached hydrogens (primary N) is 2. The molecule has 7 N–H and O–H groups in total. The van der Waals surface area contributed by atoms with Gasteiger partial charge >= 0.3 is 0 Å². The quantitative estimate of drug-likeness (QED) is 0.281. The number of carbonyl (C=O) groups is 2. The van der Waals surface area contributed by atoms with E-state index in [2.05, 4.69) is 20.9 Å². The molecule has 218 valence electrons. The normalized spacial score (nSPS) is 43.3. The van der Waals surface area contributed by atoms with Gasteiger partial charge < -0.3 is 37.1 Å². The Morgan fingerprint density at radius 2 is 1.85 bits per heavy atom. The third kappa shape index (κ3) is 6.48. The van der Waals surface area contributed by atoms with Gasteiger partial charge in [-0.05, 0) is 37.4 Å². The average molecular weight is 597 g/mol. The SMILES string of the molecule is NC(=O)C1NCC(N[C@H]2CCCC[C@H]2N)CC1NC1CSC(C2CSC3C(=O)C=C(N4CCOCC4)SC32)C1. The Bertz CT molecular complexity index is 936. The van der Waals surface area contributed by atoms with Gasteiger partial charge in [-0.1, -0.05) is 12.8 Å². The minimum atomic E-state index is -0.355. The van der Waals surface area contributed by atoms with Crippen molar-refractivity contribution in [3.8, 4) is 0 Å². The summed E-state index contributed by atoms with van der Waals surface area (Å²) in [7, 11) is 0. The first-order valence-electron chi connectivity index (χ1n) is 14.7. The first kappa shape index (κ1) is 28.6. The van der Waals surface area contributed by atoms with Gasteiger partial charge in [-0.15, -0.1) is 23.5 Å². The lowest BCUT2D eigenvalue weighted by molar-refractivity contribution is -0.121. The Morgan fingerprint density at radius 1 is 1.05 bits per heavy atom. The van der Waals surface area contributed by atoms with Crippen molar-refractivity contribution in [1.82, 2.24) is 20.9 Å². The van der Waals surface area contributed by atoms with Crippen molar-refractivity contribution in [3.05, 3.63) is 11.1 Å². The smallest absolute Gasteiger partial charge is 0.236 e. The van der Waals surface area contributed by atoms with Crippen LogP contribution in [0.2, 0.25) is 0 Å². The minimum Gasteiger partial charge on any atom is -0.378 e. The maximum absolute atomic E-state index is 13.1. The number of nitrogens with zero attached hydrogens (tertiary/aromatic N) is 1. The first-order chi connectivity index (χ1) is 19.0. The predicted octanol–water partition coefficient (Wildman–Crippen LogP) is 0.484. The number of hydrogen-bond acceptors (Lipinski definition) is 11. The maximum Gasteiger partial charge on any atom is 0.236 e. The van der Waals surface area contributed by atoms with Gasteiger partial charge in [0.25, 0.3) is 0 Å². The number of morpholine rings is 1. The second kappa shape index (κ2) is 12.8. The van der Waals surface area contributed by atoms with E-state index < -0.39 is 0 Å². The van der Waals surface area contributed by atoms with E-state index in [9.17, 15) is 9.59 Å². The molecular formula is C27H44N6O3S3. The van der Waals surface area contributed by atoms with Crippen LogP contribution in [-0.2, 0) is 14.3 Å². The summed E-state index contributed by atoms with van der Waals surface area (Å²) < 4.78 is 5.53. The molecule has 6 rings (SSSR count). The van der Waals surface area contributed by atoms with Crippen molar-refractivity contribution in [3.63, 3.8) is 0 Å². The van der Waals surface area contributed by atoms with Crippen molar-refractivity contribution < 1.29 is 14.3 Å². The summed E-state index contributed by atoms with van der Waals surface area (Å²) in [5.41, 5.74) is 12.2. The number of nitrogens with one attached hydrogen (secondary N) is 3. The topological polar surface area (TPSA) is 135 Å². The molecule has 0 spiro atoms. The molecule has 10 atom stereocenters. The molecule has 0 radical (unpaired) electrons. The monoisotopic (exact) mass is 596 g/mol. The largest absolute Gasteiger partial charge is 0.378 e. The Labute approximate surface area is 244 Å². The number of allylic oxidation sites excluding steroid dienone is 1. The fourth-order valence-corrected chi connectivity index (χ4v) is 12.6. The zero-order chi connectivity index (χ0) is 26.9. The fraction of sp³-hybridized carbons (Fsp3) is 0.852. The van der Waals surface area contributed by atoms with Crippen molar-refractivity contribution in [2.45, 2.75) is 90.5 Å². The summed E-state index contributed by atoms with van der Waals surface area (Å²) in [5.74, 6) is 2.60. The lowest BCUT2D eigenvalue weighted by Gasteiger charge is -2.41. The van der Waals surface area contributed by atoms with Crippen molar-refractivity contribution in [2.24, 2.45) is 17.4 Å². The molecule has 5 heterocycles. The Balaban J connectivity index is 1.06. The number of hydrogen-bond donors (Lipinski definition) is 5. The van der Waals surface area contributed by atoms with Gasteiger partial charge in [0.2, 0.25) is 5.91 Å². The van der Waals surface area contributed by atoms with Crippen LogP contribution < -0.4 is 27.4 Å². The van der Waals surface area contributed by atoms with Gasteiger partial charge in [0.05, 0.1) is 23.5 Å². The van der Waals surface area contributed by atoms with Crippen LogP contribution >= 0.6 is 35.3 Å². The van der Waals surface area contributed by atoms with E-state index in [4.69, 9.17) is 16.2 Å². The van der Waals surface area contributed by atoms with E-state index in [1.807, 2.05) is 41.4 Å². The molecule has 0 bridgehead atoms. The van der Waals surface area contributed by atoms with Crippen molar-refractivity contribution in [2.75, 3.05) is 44.4 Å². The molecule has 4 saturated heterocycles. The predicted molar refractivity (Wildman–Crippen MR) is 161 cm³/mol. The van der Waals surface area contributed by atoms with E-state index >= 15 is 0 Å². The highest BCUT2D eigenvalue weighted by molar-refractivity contribution is 8.07. The standard InChI is InChI=1S/C27H44N6O3S3/c28-18-3-1-2-4-19(18)31-15-9-20(24(27(29)35)30-12-15)32-16-10-22(37-13-16)17-14-38-26-21(34)11-23(39-25(17)26)33-5-7-36-8-6-33/h11,15-20,22,24-26,30-32H,1-10,12-14,28H2,(H2,29,35)/t15?,16?,17?,18-,19+,20?,22?,24?,25?,26?/m1/s1. The summed E-state index contributed by atoms with van der Waals surface area (Å²) >= 11 is 5.83. The minimum absolute atomic E-state index is 0.00473. The second-order valence-electron chi connectivity index (χ2n) is 12.0. The third-order valence-corrected chi connectivity index (χ3v) is 14.1. The first-order valence-corrected chi connectivity index (χ1v) is 17.7. The van der Waals surface area contributed by atoms with Crippen LogP contribution in [0.4, 0.5) is 0 Å². The van der Waals surface area contributed by atoms with Crippen LogP contribution in [0.1, 0.15) is 38.5 Å². The molecule has 0 aromatic carbocycles. The fourth-order valence-electron chi connectivity index (χ4n) is 7.24. The second-order valence-corrected chi connectivity index (χ2v) is 15.6. The number of primary amides is 1. The molecule has 1 aliphatic carbocycles. The molecule has 5 aliphatic heterocycles. The molecule has 39 heavy (non-hydrogen) atoms. The summed E-state index contributed by atoms with van der Waals surface area (Å²) in [6, 6.07) is 0.826. The number of rotatable bonds is 7. The highest BCUT2D eigenvalue weighted by Crippen LogP contribution is 2.51. The van der Waals surface area contributed by atoms with Crippen LogP contribution in [0.15, 0.2) is 11.1 Å². The molecule has 1 amide bonds. The van der Waals surface area contributed by atoms with Gasteiger partial charge in [0.1, 0.15) is 6.04 Å². The molecule has 5 fully saturated rings. The zero-order valence-electron chi connectivity index (χ0n) is 22.6. The van der Waals surface area contributed by atoms with E-state index in [1.54, 1.807) is 0 Å². The van der Waals surface area contributed by atoms with E-state index in [0.717, 1.165) is 75.1 Å². The van der Waals surface area contributed by atoms with Crippen molar-refractivity contribution >= 4 is 47.0 Å². The number of ether oxygens (including phenoxy) is 1. The summed E-state index contributed by atoms with van der Waals surface area (Å²) in [4.78, 5) is 27.7. The maximum atomic E-state index is 13.1. The van der Waals surface area contributed by atoms with Gasteiger partial charge in [-0.2, -0.15) is 11.8 Å². The van der Waals surface area contributed by atoms with Crippen LogP contribution in [0, 0.1) is 5.92 Å². The third-order valence-electron chi connectivity index (χ3n) is 9.37. The molecule has 0 aromatic heterocycles. The van der Waals surface area contributed by atoms with Crippen LogP contribution in [0.25, 0.3) is 0 Å². The average Bonchev–Trinajstić information content (AvgIpc) is 3.58. The Kier molecular flexibility index (Phi) is 9.41. The van der Waals surface area contributed by atoms with E-state index in [1.165, 1.54) is 12.8 Å². The van der Waals surface area contributed by atoms with E-state index in [0.29, 0.717) is 34.3 Å². The lowest BCUT2D eigenvalue weighted by Crippen LogP contribution is -2.66. The number of fused-ring (bicyclic) bond motifs is 1. The summed E-state index contributed by atoms with van der Waals surface area (Å²) in [6.07, 6.45) is 8.49. The number of carbonyl (C=O) groups excluding carboxylic acids is 2. The van der Waals surface area contributed by atoms with Crippen molar-refractivity contribution in [1.29, 1.82) is 0 Å². The number of ketones is 1. The van der Waals surface area contributed by atoms with Gasteiger partial charge in [0, 0.05) is 72.2 Å². The van der Waals surface area contributed by atoms with Gasteiger partial charge in [0.15, 0.2) is 5.78 Å². The van der Waals surface area contributed by atoms with E-state index in [-0.39, 0.29) is 35.3 Å². The van der Waals surface area contributed by atoms with Crippen LogP contribution in [-0.4, -0.2) is 113 Å². The highest BCUT2D eigenvalue weighted by Gasteiger charge is 2.49. The molecule has 9 nitrogen and oxygen atoms in total.